The third-order valence-electron chi connectivity index (χ3n) is 3.54. The van der Waals surface area contributed by atoms with Crippen molar-refractivity contribution in [1.82, 2.24) is 4.90 Å². The largest absolute Gasteiger partial charge is 0.444 e. The minimum atomic E-state index is -0.491. The molecule has 0 radical (unpaired) electrons. The quantitative estimate of drug-likeness (QED) is 0.773. The van der Waals surface area contributed by atoms with Gasteiger partial charge < -0.3 is 15.4 Å². The highest BCUT2D eigenvalue weighted by Crippen LogP contribution is 2.58. The lowest BCUT2D eigenvalue weighted by Gasteiger charge is -2.26. The first-order valence-electron chi connectivity index (χ1n) is 6.00. The number of piperidine rings is 1. The van der Waals surface area contributed by atoms with Gasteiger partial charge in [-0.15, -0.1) is 0 Å². The second-order valence-electron chi connectivity index (χ2n) is 6.05. The van der Waals surface area contributed by atoms with Crippen LogP contribution in [0, 0.1) is 11.3 Å². The zero-order valence-electron chi connectivity index (χ0n) is 10.7. The number of nitrogens with zero attached hydrogens (tertiary/aromatic N) is 1. The van der Waals surface area contributed by atoms with Crippen LogP contribution in [0.1, 0.15) is 27.2 Å². The Labute approximate surface area is 101 Å². The lowest BCUT2D eigenvalue weighted by molar-refractivity contribution is -0.122. The minimum Gasteiger partial charge on any atom is -0.444 e. The summed E-state index contributed by atoms with van der Waals surface area (Å²) in [5.41, 5.74) is 4.57. The topological polar surface area (TPSA) is 72.6 Å². The number of hydrogen-bond acceptors (Lipinski definition) is 4. The van der Waals surface area contributed by atoms with Crippen molar-refractivity contribution in [3.05, 3.63) is 0 Å². The molecule has 0 bridgehead atoms. The normalized spacial score (nSPS) is 31.1. The summed E-state index contributed by atoms with van der Waals surface area (Å²) in [6.07, 6.45) is 0.552. The summed E-state index contributed by atoms with van der Waals surface area (Å²) in [4.78, 5) is 25.2. The smallest absolute Gasteiger partial charge is 0.410 e. The fourth-order valence-electron chi connectivity index (χ4n) is 2.58. The van der Waals surface area contributed by atoms with Gasteiger partial charge in [0.1, 0.15) is 5.60 Å². The number of rotatable bonds is 2. The predicted molar refractivity (Wildman–Crippen MR) is 62.4 cm³/mol. The van der Waals surface area contributed by atoms with E-state index in [0.29, 0.717) is 19.0 Å². The van der Waals surface area contributed by atoms with Crippen LogP contribution in [-0.2, 0) is 9.53 Å². The average Bonchev–Trinajstić information content (AvgIpc) is 2.78. The number of amides is 1. The standard InChI is InChI=1S/C12H20N2O3/c1-11(2,3)17-10(16)14-6-8-4-12(8,7-14)9(15)5-13/h8H,4-7,13H2,1-3H3. The fourth-order valence-corrected chi connectivity index (χ4v) is 2.58. The molecule has 0 aromatic heterocycles. The zero-order valence-corrected chi connectivity index (χ0v) is 10.7. The van der Waals surface area contributed by atoms with Crippen LogP contribution in [0.3, 0.4) is 0 Å². The number of likely N-dealkylation sites (tertiary alicyclic amines) is 1. The van der Waals surface area contributed by atoms with E-state index in [9.17, 15) is 9.59 Å². The van der Waals surface area contributed by atoms with E-state index in [1.807, 2.05) is 20.8 Å². The van der Waals surface area contributed by atoms with Gasteiger partial charge in [0.25, 0.3) is 0 Å². The van der Waals surface area contributed by atoms with Gasteiger partial charge in [0.2, 0.25) is 0 Å². The van der Waals surface area contributed by atoms with Gasteiger partial charge in [0.15, 0.2) is 5.78 Å². The Morgan fingerprint density at radius 2 is 2.12 bits per heavy atom. The van der Waals surface area contributed by atoms with E-state index < -0.39 is 5.60 Å². The third kappa shape index (κ3) is 2.16. The van der Waals surface area contributed by atoms with E-state index in [0.717, 1.165) is 6.42 Å². The Bertz CT molecular complexity index is 361. The molecule has 2 rings (SSSR count). The van der Waals surface area contributed by atoms with Gasteiger partial charge in [-0.1, -0.05) is 0 Å². The molecule has 1 saturated carbocycles. The minimum absolute atomic E-state index is 0.0681. The molecule has 1 aliphatic heterocycles. The van der Waals surface area contributed by atoms with Crippen molar-refractivity contribution in [2.75, 3.05) is 19.6 Å². The first-order valence-corrected chi connectivity index (χ1v) is 6.00. The highest BCUT2D eigenvalue weighted by molar-refractivity contribution is 5.91. The van der Waals surface area contributed by atoms with E-state index in [2.05, 4.69) is 0 Å². The maximum absolute atomic E-state index is 11.8. The van der Waals surface area contributed by atoms with Crippen LogP contribution < -0.4 is 5.73 Å². The second kappa shape index (κ2) is 3.70. The molecule has 5 heteroatoms. The SMILES string of the molecule is CC(C)(C)OC(=O)N1CC2CC2(C(=O)CN)C1. The predicted octanol–water partition coefficient (Wildman–Crippen LogP) is 0.771. The molecule has 0 aromatic carbocycles. The lowest BCUT2D eigenvalue weighted by Crippen LogP contribution is -2.39. The molecule has 96 valence electrons. The Hall–Kier alpha value is -1.10. The number of carbonyl (C=O) groups excluding carboxylic acids is 2. The van der Waals surface area contributed by atoms with Crippen molar-refractivity contribution in [3.8, 4) is 0 Å². The molecule has 17 heavy (non-hydrogen) atoms. The number of fused-ring (bicyclic) bond motifs is 1. The van der Waals surface area contributed by atoms with Crippen LogP contribution in [0.25, 0.3) is 0 Å². The summed E-state index contributed by atoms with van der Waals surface area (Å²) in [5.74, 6) is 0.375. The Morgan fingerprint density at radius 3 is 2.65 bits per heavy atom. The van der Waals surface area contributed by atoms with Gasteiger partial charge in [-0.3, -0.25) is 4.79 Å². The van der Waals surface area contributed by atoms with Gasteiger partial charge in [0, 0.05) is 13.1 Å². The van der Waals surface area contributed by atoms with Crippen molar-refractivity contribution in [1.29, 1.82) is 0 Å². The fraction of sp³-hybridized carbons (Fsp3) is 0.833. The molecule has 1 aliphatic carbocycles. The number of nitrogens with two attached hydrogens (primary N) is 1. The van der Waals surface area contributed by atoms with Crippen molar-refractivity contribution in [2.45, 2.75) is 32.8 Å². The molecule has 1 heterocycles. The number of hydrogen-bond donors (Lipinski definition) is 1. The molecule has 0 spiro atoms. The summed E-state index contributed by atoms with van der Waals surface area (Å²) in [7, 11) is 0. The van der Waals surface area contributed by atoms with Crippen molar-refractivity contribution < 1.29 is 14.3 Å². The molecule has 0 aromatic rings. The first kappa shape index (κ1) is 12.4. The van der Waals surface area contributed by atoms with E-state index in [1.54, 1.807) is 4.90 Å². The Kier molecular flexibility index (Phi) is 2.69. The molecule has 2 fully saturated rings. The number of carbonyl (C=O) groups is 2. The van der Waals surface area contributed by atoms with E-state index in [1.165, 1.54) is 0 Å². The van der Waals surface area contributed by atoms with E-state index in [-0.39, 0.29) is 23.8 Å². The van der Waals surface area contributed by atoms with Gasteiger partial charge in [-0.2, -0.15) is 0 Å². The molecular weight excluding hydrogens is 220 g/mol. The van der Waals surface area contributed by atoms with Crippen LogP contribution >= 0.6 is 0 Å². The zero-order chi connectivity index (χ0) is 12.8. The molecular formula is C12H20N2O3. The van der Waals surface area contributed by atoms with Crippen LogP contribution in [0.15, 0.2) is 0 Å². The monoisotopic (exact) mass is 240 g/mol. The van der Waals surface area contributed by atoms with Crippen molar-refractivity contribution in [3.63, 3.8) is 0 Å². The highest BCUT2D eigenvalue weighted by Gasteiger charge is 2.65. The van der Waals surface area contributed by atoms with Crippen LogP contribution in [-0.4, -0.2) is 42.0 Å². The lowest BCUT2D eigenvalue weighted by atomic mass is 10.0. The Morgan fingerprint density at radius 1 is 1.47 bits per heavy atom. The molecule has 1 amide bonds. The van der Waals surface area contributed by atoms with E-state index >= 15 is 0 Å². The molecule has 1 saturated heterocycles. The van der Waals surface area contributed by atoms with Crippen LogP contribution in [0.5, 0.6) is 0 Å². The number of Topliss-reactive ketones (excluding diaryl/α,β-unsaturated/α-hetero) is 1. The second-order valence-corrected chi connectivity index (χ2v) is 6.05. The van der Waals surface area contributed by atoms with Gasteiger partial charge in [0.05, 0.1) is 12.0 Å². The van der Waals surface area contributed by atoms with Gasteiger partial charge >= 0.3 is 6.09 Å². The summed E-state index contributed by atoms with van der Waals surface area (Å²) >= 11 is 0. The first-order chi connectivity index (χ1) is 7.78. The molecule has 2 atom stereocenters. The summed E-state index contributed by atoms with van der Waals surface area (Å²) < 4.78 is 5.29. The summed E-state index contributed by atoms with van der Waals surface area (Å²) in [5, 5.41) is 0. The average molecular weight is 240 g/mol. The molecule has 2 unspecified atom stereocenters. The van der Waals surface area contributed by atoms with Crippen LogP contribution in [0.2, 0.25) is 0 Å². The van der Waals surface area contributed by atoms with Gasteiger partial charge in [-0.25, -0.2) is 4.79 Å². The van der Waals surface area contributed by atoms with Gasteiger partial charge in [-0.05, 0) is 33.1 Å². The van der Waals surface area contributed by atoms with Crippen LogP contribution in [0.4, 0.5) is 4.79 Å². The maximum atomic E-state index is 11.8. The summed E-state index contributed by atoms with van der Waals surface area (Å²) in [6, 6.07) is 0. The molecule has 2 aliphatic rings. The summed E-state index contributed by atoms with van der Waals surface area (Å²) in [6.45, 7) is 6.68. The third-order valence-corrected chi connectivity index (χ3v) is 3.54. The molecule has 2 N–H and O–H groups in total. The highest BCUT2D eigenvalue weighted by atomic mass is 16.6. The Balaban J connectivity index is 1.96. The number of ether oxygens (including phenoxy) is 1. The molecule has 5 nitrogen and oxygen atoms in total. The maximum Gasteiger partial charge on any atom is 0.410 e. The van der Waals surface area contributed by atoms with Crippen molar-refractivity contribution in [2.24, 2.45) is 17.1 Å². The van der Waals surface area contributed by atoms with Crippen molar-refractivity contribution >= 4 is 11.9 Å². The number of ketones is 1. The van der Waals surface area contributed by atoms with E-state index in [4.69, 9.17) is 10.5 Å².